The van der Waals surface area contributed by atoms with Crippen molar-refractivity contribution in [2.45, 2.75) is 26.7 Å². The molecule has 2 saturated heterocycles. The van der Waals surface area contributed by atoms with E-state index in [4.69, 9.17) is 0 Å². The third-order valence-electron chi connectivity index (χ3n) is 5.26. The largest absolute Gasteiger partial charge is 0.340 e. The Morgan fingerprint density at radius 1 is 1.17 bits per heavy atom. The first kappa shape index (κ1) is 19.2. The number of aryl methyl sites for hydroxylation is 1. The van der Waals surface area contributed by atoms with Crippen LogP contribution in [0, 0.1) is 12.3 Å². The van der Waals surface area contributed by atoms with E-state index >= 15 is 0 Å². The van der Waals surface area contributed by atoms with Gasteiger partial charge in [0.2, 0.25) is 5.91 Å². The Hall–Kier alpha value is -1.10. The Balaban J connectivity index is 0.00000208. The molecule has 1 amide bonds. The lowest BCUT2D eigenvalue weighted by atomic mass is 9.89. The fourth-order valence-electron chi connectivity index (χ4n) is 3.69. The Labute approximate surface area is 152 Å². The summed E-state index contributed by atoms with van der Waals surface area (Å²) in [5.41, 5.74) is 2.77. The number of hydrogen-bond acceptors (Lipinski definition) is 3. The van der Waals surface area contributed by atoms with Crippen molar-refractivity contribution >= 4 is 18.3 Å². The molecule has 4 nitrogen and oxygen atoms in total. The predicted octanol–water partition coefficient (Wildman–Crippen LogP) is 2.10. The van der Waals surface area contributed by atoms with E-state index in [9.17, 15) is 4.79 Å². The monoisotopic (exact) mass is 351 g/mol. The van der Waals surface area contributed by atoms with Gasteiger partial charge in [-0.2, -0.15) is 0 Å². The summed E-state index contributed by atoms with van der Waals surface area (Å²) in [6, 6.07) is 8.29. The van der Waals surface area contributed by atoms with Gasteiger partial charge in [0.15, 0.2) is 0 Å². The van der Waals surface area contributed by atoms with E-state index in [-0.39, 0.29) is 18.3 Å². The van der Waals surface area contributed by atoms with Crippen LogP contribution in [-0.4, -0.2) is 61.5 Å². The van der Waals surface area contributed by atoms with Crippen molar-refractivity contribution in [3.05, 3.63) is 35.4 Å². The van der Waals surface area contributed by atoms with Gasteiger partial charge in [0, 0.05) is 39.3 Å². The number of carbonyl (C=O) groups excluding carboxylic acids is 1. The fraction of sp³-hybridized carbons (Fsp3) is 0.632. The van der Waals surface area contributed by atoms with E-state index in [1.807, 2.05) is 4.90 Å². The smallest absolute Gasteiger partial charge is 0.227 e. The molecular weight excluding hydrogens is 322 g/mol. The molecule has 0 radical (unpaired) electrons. The second kappa shape index (κ2) is 8.32. The minimum absolute atomic E-state index is 0. The second-order valence-corrected chi connectivity index (χ2v) is 7.56. The van der Waals surface area contributed by atoms with Crippen molar-refractivity contribution < 1.29 is 4.79 Å². The third kappa shape index (κ3) is 4.95. The summed E-state index contributed by atoms with van der Waals surface area (Å²) < 4.78 is 0. The summed E-state index contributed by atoms with van der Waals surface area (Å²) in [7, 11) is 0. The molecule has 2 aliphatic rings. The lowest BCUT2D eigenvalue weighted by molar-refractivity contribution is -0.132. The maximum absolute atomic E-state index is 12.5. The van der Waals surface area contributed by atoms with Gasteiger partial charge in [-0.3, -0.25) is 9.69 Å². The van der Waals surface area contributed by atoms with Crippen molar-refractivity contribution in [1.29, 1.82) is 0 Å². The van der Waals surface area contributed by atoms with Crippen LogP contribution in [0.4, 0.5) is 0 Å². The molecule has 2 heterocycles. The number of nitrogens with one attached hydrogen (secondary N) is 1. The van der Waals surface area contributed by atoms with Gasteiger partial charge in [-0.25, -0.2) is 0 Å². The number of amides is 1. The number of carbonyl (C=O) groups is 1. The van der Waals surface area contributed by atoms with Gasteiger partial charge in [0.05, 0.1) is 6.42 Å². The van der Waals surface area contributed by atoms with Crippen LogP contribution in [0.2, 0.25) is 0 Å². The molecule has 0 aliphatic carbocycles. The number of piperazine rings is 1. The Morgan fingerprint density at radius 2 is 1.83 bits per heavy atom. The van der Waals surface area contributed by atoms with E-state index in [2.05, 4.69) is 48.3 Å². The number of benzene rings is 1. The van der Waals surface area contributed by atoms with Crippen LogP contribution >= 0.6 is 12.4 Å². The van der Waals surface area contributed by atoms with Crippen LogP contribution in [0.15, 0.2) is 24.3 Å². The molecule has 1 aromatic rings. The van der Waals surface area contributed by atoms with Gasteiger partial charge in [0.25, 0.3) is 0 Å². The summed E-state index contributed by atoms with van der Waals surface area (Å²) in [5, 5.41) is 3.47. The first-order valence-electron chi connectivity index (χ1n) is 8.81. The molecule has 0 saturated carbocycles. The van der Waals surface area contributed by atoms with Crippen LogP contribution in [0.25, 0.3) is 0 Å². The third-order valence-corrected chi connectivity index (χ3v) is 5.26. The summed E-state index contributed by atoms with van der Waals surface area (Å²) in [6.07, 6.45) is 1.79. The molecule has 1 unspecified atom stereocenters. The van der Waals surface area contributed by atoms with Gasteiger partial charge in [0.1, 0.15) is 0 Å². The lowest BCUT2D eigenvalue weighted by Crippen LogP contribution is -2.51. The molecule has 3 rings (SSSR count). The molecule has 0 bridgehead atoms. The van der Waals surface area contributed by atoms with Crippen molar-refractivity contribution in [3.63, 3.8) is 0 Å². The van der Waals surface area contributed by atoms with Gasteiger partial charge in [-0.05, 0) is 30.9 Å². The number of hydrogen-bond donors (Lipinski definition) is 1. The van der Waals surface area contributed by atoms with Gasteiger partial charge in [-0.15, -0.1) is 12.4 Å². The van der Waals surface area contributed by atoms with Crippen LogP contribution in [0.5, 0.6) is 0 Å². The topological polar surface area (TPSA) is 35.6 Å². The summed E-state index contributed by atoms with van der Waals surface area (Å²) >= 11 is 0. The zero-order chi connectivity index (χ0) is 16.3. The molecule has 1 atom stereocenters. The molecule has 2 fully saturated rings. The number of nitrogens with zero attached hydrogens (tertiary/aromatic N) is 2. The van der Waals surface area contributed by atoms with Crippen LogP contribution in [0.3, 0.4) is 0 Å². The van der Waals surface area contributed by atoms with Gasteiger partial charge in [-0.1, -0.05) is 36.8 Å². The normalized spacial score (nSPS) is 24.7. The number of halogens is 1. The maximum Gasteiger partial charge on any atom is 0.227 e. The maximum atomic E-state index is 12.5. The van der Waals surface area contributed by atoms with Gasteiger partial charge >= 0.3 is 0 Å². The molecule has 2 aliphatic heterocycles. The van der Waals surface area contributed by atoms with Gasteiger partial charge < -0.3 is 10.2 Å². The minimum atomic E-state index is 0. The van der Waals surface area contributed by atoms with E-state index in [1.54, 1.807) is 0 Å². The Kier molecular flexibility index (Phi) is 6.67. The van der Waals surface area contributed by atoms with E-state index in [0.717, 1.165) is 51.4 Å². The predicted molar refractivity (Wildman–Crippen MR) is 101 cm³/mol. The molecule has 1 N–H and O–H groups in total. The van der Waals surface area contributed by atoms with E-state index < -0.39 is 0 Å². The molecule has 5 heteroatoms. The SMILES string of the molecule is Cc1ccc(CC(=O)N2CCN(CC3(C)CCNC3)CC2)cc1.Cl. The highest BCUT2D eigenvalue weighted by Gasteiger charge is 2.32. The average Bonchev–Trinajstić information content (AvgIpc) is 2.96. The zero-order valence-electron chi connectivity index (χ0n) is 14.9. The van der Waals surface area contributed by atoms with Crippen LogP contribution in [-0.2, 0) is 11.2 Å². The first-order valence-corrected chi connectivity index (χ1v) is 8.81. The lowest BCUT2D eigenvalue weighted by Gasteiger charge is -2.38. The van der Waals surface area contributed by atoms with Crippen molar-refractivity contribution in [2.24, 2.45) is 5.41 Å². The van der Waals surface area contributed by atoms with Crippen LogP contribution in [0.1, 0.15) is 24.5 Å². The Morgan fingerprint density at radius 3 is 2.42 bits per heavy atom. The van der Waals surface area contributed by atoms with Crippen molar-refractivity contribution in [2.75, 3.05) is 45.8 Å². The number of rotatable bonds is 4. The van der Waals surface area contributed by atoms with Crippen molar-refractivity contribution in [3.8, 4) is 0 Å². The summed E-state index contributed by atoms with van der Waals surface area (Å²) in [6.45, 7) is 11.6. The highest BCUT2D eigenvalue weighted by Crippen LogP contribution is 2.26. The first-order chi connectivity index (χ1) is 11.0. The molecule has 0 aromatic heterocycles. The van der Waals surface area contributed by atoms with E-state index in [1.165, 1.54) is 12.0 Å². The second-order valence-electron chi connectivity index (χ2n) is 7.56. The summed E-state index contributed by atoms with van der Waals surface area (Å²) in [4.78, 5) is 17.0. The van der Waals surface area contributed by atoms with Crippen molar-refractivity contribution in [1.82, 2.24) is 15.1 Å². The Bertz CT molecular complexity index is 532. The minimum Gasteiger partial charge on any atom is -0.340 e. The quantitative estimate of drug-likeness (QED) is 0.902. The zero-order valence-corrected chi connectivity index (χ0v) is 15.7. The molecule has 1 aromatic carbocycles. The molecule has 134 valence electrons. The molecule has 0 spiro atoms. The summed E-state index contributed by atoms with van der Waals surface area (Å²) in [5.74, 6) is 0.266. The standard InChI is InChI=1S/C19H29N3O.ClH/c1-16-3-5-17(6-4-16)13-18(23)22-11-9-21(10-12-22)15-19(2)7-8-20-14-19;/h3-6,20H,7-15H2,1-2H3;1H. The highest BCUT2D eigenvalue weighted by molar-refractivity contribution is 5.85. The fourth-order valence-corrected chi connectivity index (χ4v) is 3.69. The molecular formula is C19H30ClN3O. The highest BCUT2D eigenvalue weighted by atomic mass is 35.5. The van der Waals surface area contributed by atoms with E-state index in [0.29, 0.717) is 11.8 Å². The molecule has 24 heavy (non-hydrogen) atoms. The van der Waals surface area contributed by atoms with Crippen LogP contribution < -0.4 is 5.32 Å². The average molecular weight is 352 g/mol.